The monoisotopic (exact) mass is 345 g/mol. The molecule has 0 radical (unpaired) electrons. The van der Waals surface area contributed by atoms with Gasteiger partial charge in [-0.15, -0.1) is 11.3 Å². The molecular formula is C19H23NO3S. The second-order valence-electron chi connectivity index (χ2n) is 6.15. The molecule has 1 aromatic heterocycles. The third kappa shape index (κ3) is 3.62. The first-order valence-electron chi connectivity index (χ1n) is 8.36. The number of ether oxygens (including phenoxy) is 1. The number of piperidine rings is 1. The van der Waals surface area contributed by atoms with E-state index >= 15 is 0 Å². The summed E-state index contributed by atoms with van der Waals surface area (Å²) in [5.74, 6) is 1.09. The maximum atomic E-state index is 13.0. The molecule has 0 spiro atoms. The minimum Gasteiger partial charge on any atom is -0.495 e. The fourth-order valence-electron chi connectivity index (χ4n) is 3.23. The summed E-state index contributed by atoms with van der Waals surface area (Å²) in [4.78, 5) is 16.6. The molecule has 0 bridgehead atoms. The summed E-state index contributed by atoms with van der Waals surface area (Å²) in [5.41, 5.74) is 1.09. The predicted molar refractivity (Wildman–Crippen MR) is 96.6 cm³/mol. The lowest BCUT2D eigenvalue weighted by atomic mass is 9.95. The van der Waals surface area contributed by atoms with Crippen molar-refractivity contribution in [2.45, 2.75) is 19.3 Å². The van der Waals surface area contributed by atoms with Gasteiger partial charge < -0.3 is 14.7 Å². The first-order valence-corrected chi connectivity index (χ1v) is 9.18. The Balaban J connectivity index is 1.83. The van der Waals surface area contributed by atoms with Crippen LogP contribution < -0.4 is 4.74 Å². The number of thiophene rings is 1. The normalized spacial score (nSPS) is 17.8. The molecule has 2 aromatic rings. The van der Waals surface area contributed by atoms with Gasteiger partial charge in [0.25, 0.3) is 5.91 Å². The summed E-state index contributed by atoms with van der Waals surface area (Å²) in [6.45, 7) is 1.69. The fourth-order valence-corrected chi connectivity index (χ4v) is 4.33. The molecule has 1 atom stereocenters. The van der Waals surface area contributed by atoms with Crippen molar-refractivity contribution in [2.24, 2.45) is 5.92 Å². The van der Waals surface area contributed by atoms with Crippen LogP contribution in [0, 0.1) is 5.92 Å². The number of carbonyl (C=O) groups is 1. The van der Waals surface area contributed by atoms with E-state index in [9.17, 15) is 4.79 Å². The summed E-state index contributed by atoms with van der Waals surface area (Å²) in [5, 5.41) is 9.15. The summed E-state index contributed by atoms with van der Waals surface area (Å²) in [6, 6.07) is 12.0. The molecule has 24 heavy (non-hydrogen) atoms. The second-order valence-corrected chi connectivity index (χ2v) is 7.20. The van der Waals surface area contributed by atoms with Crippen LogP contribution in [0.1, 0.15) is 28.9 Å². The average Bonchev–Trinajstić information content (AvgIpc) is 3.07. The van der Waals surface area contributed by atoms with Crippen molar-refractivity contribution in [1.29, 1.82) is 0 Å². The molecule has 2 heterocycles. The highest BCUT2D eigenvalue weighted by Crippen LogP contribution is 2.37. The number of aliphatic hydroxyl groups is 1. The highest BCUT2D eigenvalue weighted by molar-refractivity contribution is 7.17. The number of hydrogen-bond donors (Lipinski definition) is 1. The van der Waals surface area contributed by atoms with Gasteiger partial charge in [0, 0.05) is 24.6 Å². The van der Waals surface area contributed by atoms with Crippen LogP contribution in [0.2, 0.25) is 0 Å². The molecular weight excluding hydrogens is 322 g/mol. The van der Waals surface area contributed by atoms with Crippen LogP contribution in [0.15, 0.2) is 36.4 Å². The lowest BCUT2D eigenvalue weighted by molar-refractivity contribution is 0.0655. The number of rotatable bonds is 5. The Bertz CT molecular complexity index is 681. The maximum Gasteiger partial charge on any atom is 0.267 e. The lowest BCUT2D eigenvalue weighted by Gasteiger charge is -2.32. The van der Waals surface area contributed by atoms with Crippen molar-refractivity contribution in [3.05, 3.63) is 41.3 Å². The van der Waals surface area contributed by atoms with Crippen LogP contribution >= 0.6 is 11.3 Å². The fraction of sp³-hybridized carbons (Fsp3) is 0.421. The number of benzene rings is 1. The van der Waals surface area contributed by atoms with Gasteiger partial charge in [-0.1, -0.05) is 30.3 Å². The number of hydrogen-bond acceptors (Lipinski definition) is 4. The average molecular weight is 345 g/mol. The van der Waals surface area contributed by atoms with E-state index in [1.807, 2.05) is 41.3 Å². The number of nitrogens with zero attached hydrogens (tertiary/aromatic N) is 1. The number of aliphatic hydroxyl groups excluding tert-OH is 1. The second kappa shape index (κ2) is 7.81. The summed E-state index contributed by atoms with van der Waals surface area (Å²) >= 11 is 1.49. The Hall–Kier alpha value is -1.85. The van der Waals surface area contributed by atoms with Gasteiger partial charge in [0.1, 0.15) is 10.6 Å². The van der Waals surface area contributed by atoms with Gasteiger partial charge in [-0.2, -0.15) is 0 Å². The standard InChI is InChI=1S/C19H23NO3S/c1-23-16-12-17(15-7-3-2-4-8-15)24-18(16)19(22)20-10-5-6-14(13-20)9-11-21/h2-4,7-8,12,14,21H,5-6,9-11,13H2,1H3/t14-/m1/s1. The number of amides is 1. The Morgan fingerprint density at radius 3 is 2.88 bits per heavy atom. The number of likely N-dealkylation sites (tertiary alicyclic amines) is 1. The molecule has 1 N–H and O–H groups in total. The largest absolute Gasteiger partial charge is 0.495 e. The zero-order valence-corrected chi connectivity index (χ0v) is 14.7. The van der Waals surface area contributed by atoms with Crippen LogP contribution in [0.3, 0.4) is 0 Å². The molecule has 3 rings (SSSR count). The van der Waals surface area contributed by atoms with Gasteiger partial charge >= 0.3 is 0 Å². The zero-order valence-electron chi connectivity index (χ0n) is 13.9. The van der Waals surface area contributed by atoms with E-state index in [0.29, 0.717) is 16.5 Å². The molecule has 1 aliphatic heterocycles. The predicted octanol–water partition coefficient (Wildman–Crippen LogP) is 3.66. The van der Waals surface area contributed by atoms with Gasteiger partial charge in [-0.3, -0.25) is 4.79 Å². The van der Waals surface area contributed by atoms with E-state index in [-0.39, 0.29) is 12.5 Å². The first-order chi connectivity index (χ1) is 11.7. The molecule has 128 valence electrons. The highest BCUT2D eigenvalue weighted by Gasteiger charge is 2.27. The number of methoxy groups -OCH3 is 1. The molecule has 5 heteroatoms. The molecule has 0 aliphatic carbocycles. The van der Waals surface area contributed by atoms with Crippen LogP contribution in [0.5, 0.6) is 5.75 Å². The topological polar surface area (TPSA) is 49.8 Å². The van der Waals surface area contributed by atoms with Gasteiger partial charge in [-0.05, 0) is 36.8 Å². The summed E-state index contributed by atoms with van der Waals surface area (Å²) in [7, 11) is 1.61. The van der Waals surface area contributed by atoms with Gasteiger partial charge in [0.15, 0.2) is 0 Å². The molecule has 4 nitrogen and oxygen atoms in total. The zero-order chi connectivity index (χ0) is 16.9. The van der Waals surface area contributed by atoms with Crippen molar-refractivity contribution < 1.29 is 14.6 Å². The Morgan fingerprint density at radius 2 is 2.17 bits per heavy atom. The van der Waals surface area contributed by atoms with Crippen LogP contribution in [-0.2, 0) is 0 Å². The van der Waals surface area contributed by atoms with Crippen molar-refractivity contribution >= 4 is 17.2 Å². The van der Waals surface area contributed by atoms with E-state index in [1.54, 1.807) is 7.11 Å². The number of carbonyl (C=O) groups excluding carboxylic acids is 1. The Labute approximate surface area is 146 Å². The highest BCUT2D eigenvalue weighted by atomic mass is 32.1. The third-order valence-corrected chi connectivity index (χ3v) is 5.67. The molecule has 1 aliphatic rings. The minimum atomic E-state index is 0.0432. The minimum absolute atomic E-state index is 0.0432. The van der Waals surface area contributed by atoms with Crippen LogP contribution in [0.25, 0.3) is 10.4 Å². The van der Waals surface area contributed by atoms with Crippen molar-refractivity contribution in [3.63, 3.8) is 0 Å². The molecule has 1 amide bonds. The van der Waals surface area contributed by atoms with Crippen molar-refractivity contribution in [3.8, 4) is 16.2 Å². The smallest absolute Gasteiger partial charge is 0.267 e. The summed E-state index contributed by atoms with van der Waals surface area (Å²) < 4.78 is 5.46. The van der Waals surface area contributed by atoms with E-state index in [4.69, 9.17) is 9.84 Å². The SMILES string of the molecule is COc1cc(-c2ccccc2)sc1C(=O)N1CCC[C@H](CCO)C1. The van der Waals surface area contributed by atoms with Gasteiger partial charge in [0.05, 0.1) is 7.11 Å². The van der Waals surface area contributed by atoms with E-state index < -0.39 is 0 Å². The third-order valence-electron chi connectivity index (χ3n) is 4.51. The van der Waals surface area contributed by atoms with E-state index in [2.05, 4.69) is 0 Å². The van der Waals surface area contributed by atoms with Crippen molar-refractivity contribution in [2.75, 3.05) is 26.8 Å². The maximum absolute atomic E-state index is 13.0. The first kappa shape index (κ1) is 17.0. The molecule has 0 saturated carbocycles. The summed E-state index contributed by atoms with van der Waals surface area (Å²) in [6.07, 6.45) is 2.84. The van der Waals surface area contributed by atoms with Crippen LogP contribution in [-0.4, -0.2) is 42.7 Å². The van der Waals surface area contributed by atoms with Crippen LogP contribution in [0.4, 0.5) is 0 Å². The van der Waals surface area contributed by atoms with E-state index in [0.717, 1.165) is 42.8 Å². The molecule has 1 saturated heterocycles. The Morgan fingerprint density at radius 1 is 1.38 bits per heavy atom. The van der Waals surface area contributed by atoms with Gasteiger partial charge in [0.2, 0.25) is 0 Å². The Kier molecular flexibility index (Phi) is 5.53. The molecule has 1 fully saturated rings. The quantitative estimate of drug-likeness (QED) is 0.900. The van der Waals surface area contributed by atoms with E-state index in [1.165, 1.54) is 11.3 Å². The molecule has 0 unspecified atom stereocenters. The lowest BCUT2D eigenvalue weighted by Crippen LogP contribution is -2.40. The van der Waals surface area contributed by atoms with Crippen molar-refractivity contribution in [1.82, 2.24) is 4.90 Å². The molecule has 1 aromatic carbocycles. The van der Waals surface area contributed by atoms with Gasteiger partial charge in [-0.25, -0.2) is 0 Å².